The Balaban J connectivity index is 0. The number of aliphatic hydroxyl groups is 2. The van der Waals surface area contributed by atoms with E-state index >= 15 is 0 Å². The number of aliphatic carboxylic acids is 4. The molecule has 102 valence electrons. The zero-order valence-corrected chi connectivity index (χ0v) is 8.63. The number of hydrogen-bond donors (Lipinski definition) is 6. The quantitative estimate of drug-likeness (QED) is 0.292. The zero-order chi connectivity index (χ0) is 14.9. The monoisotopic (exact) mass is 266 g/mol. The third-order valence-corrected chi connectivity index (χ3v) is 1.17. The topological polar surface area (TPSA) is 190 Å². The van der Waals surface area contributed by atoms with E-state index in [0.29, 0.717) is 12.2 Å². The highest BCUT2D eigenvalue weighted by Gasteiger charge is 2.29. The summed E-state index contributed by atoms with van der Waals surface area (Å²) in [5.41, 5.74) is 0. The SMILES string of the molecule is O=C(O)/C=C/C(=O)O.O=C(O)[C@H](O)[C@@H](O)C(=O)O. The van der Waals surface area contributed by atoms with Crippen molar-refractivity contribution in [2.24, 2.45) is 0 Å². The Kier molecular flexibility index (Phi) is 8.63. The molecule has 0 aromatic heterocycles. The van der Waals surface area contributed by atoms with E-state index in [1.165, 1.54) is 0 Å². The second kappa shape index (κ2) is 8.66. The molecule has 2 atom stereocenters. The molecule has 0 unspecified atom stereocenters. The predicted octanol–water partition coefficient (Wildman–Crippen LogP) is -2.41. The Morgan fingerprint density at radius 1 is 0.667 bits per heavy atom. The van der Waals surface area contributed by atoms with Crippen LogP contribution in [0.25, 0.3) is 0 Å². The van der Waals surface area contributed by atoms with Gasteiger partial charge in [0.15, 0.2) is 12.2 Å². The molecule has 0 aliphatic carbocycles. The Bertz CT molecular complexity index is 323. The molecule has 0 fully saturated rings. The maximum atomic E-state index is 9.77. The summed E-state index contributed by atoms with van der Waals surface area (Å²) in [6.07, 6.45) is -3.42. The van der Waals surface area contributed by atoms with Crippen LogP contribution in [-0.2, 0) is 19.2 Å². The van der Waals surface area contributed by atoms with Gasteiger partial charge in [0.05, 0.1) is 0 Å². The molecular weight excluding hydrogens is 256 g/mol. The van der Waals surface area contributed by atoms with Gasteiger partial charge in [0, 0.05) is 12.2 Å². The summed E-state index contributed by atoms with van der Waals surface area (Å²) in [5.74, 6) is -6.05. The molecule has 0 aliphatic rings. The minimum atomic E-state index is -2.27. The van der Waals surface area contributed by atoms with Crippen LogP contribution in [-0.4, -0.2) is 66.7 Å². The number of rotatable bonds is 5. The lowest BCUT2D eigenvalue weighted by molar-refractivity contribution is -0.165. The van der Waals surface area contributed by atoms with Gasteiger partial charge in [0.2, 0.25) is 0 Å². The second-order valence-corrected chi connectivity index (χ2v) is 2.58. The standard InChI is InChI=1S/C4H6O6.C4H4O4/c5-1(3(7)8)2(6)4(9)10;5-3(6)1-2-4(7)8/h1-2,5-6H,(H,7,8)(H,9,10);1-2H,(H,5,6)(H,7,8)/b;2-1+/t1-,2-;/m1./s1. The van der Waals surface area contributed by atoms with Gasteiger partial charge in [-0.25, -0.2) is 19.2 Å². The first kappa shape index (κ1) is 17.9. The van der Waals surface area contributed by atoms with Crippen LogP contribution in [0.5, 0.6) is 0 Å². The molecule has 0 rings (SSSR count). The molecule has 0 aromatic rings. The van der Waals surface area contributed by atoms with Gasteiger partial charge in [-0.1, -0.05) is 0 Å². The average Bonchev–Trinajstić information content (AvgIpc) is 2.24. The van der Waals surface area contributed by atoms with Crippen molar-refractivity contribution in [1.29, 1.82) is 0 Å². The maximum Gasteiger partial charge on any atom is 0.335 e. The molecule has 10 heteroatoms. The van der Waals surface area contributed by atoms with E-state index in [4.69, 9.17) is 30.6 Å². The van der Waals surface area contributed by atoms with Gasteiger partial charge in [-0.05, 0) is 0 Å². The smallest absolute Gasteiger partial charge is 0.335 e. The minimum Gasteiger partial charge on any atom is -0.479 e. The number of carbonyl (C=O) groups is 4. The summed E-state index contributed by atoms with van der Waals surface area (Å²) in [5, 5.41) is 48.2. The third kappa shape index (κ3) is 10.1. The van der Waals surface area contributed by atoms with Crippen molar-refractivity contribution in [1.82, 2.24) is 0 Å². The van der Waals surface area contributed by atoms with Gasteiger partial charge in [-0.2, -0.15) is 0 Å². The van der Waals surface area contributed by atoms with Crippen molar-refractivity contribution in [3.8, 4) is 0 Å². The van der Waals surface area contributed by atoms with Crippen molar-refractivity contribution < 1.29 is 49.8 Å². The van der Waals surface area contributed by atoms with E-state index in [1.807, 2.05) is 0 Å². The Hall–Kier alpha value is -2.46. The first-order valence-electron chi connectivity index (χ1n) is 4.05. The van der Waals surface area contributed by atoms with E-state index in [2.05, 4.69) is 0 Å². The molecule has 0 aromatic carbocycles. The van der Waals surface area contributed by atoms with Gasteiger partial charge >= 0.3 is 23.9 Å². The highest BCUT2D eigenvalue weighted by molar-refractivity contribution is 5.89. The first-order chi connectivity index (χ1) is 8.09. The fraction of sp³-hybridized carbons (Fsp3) is 0.250. The van der Waals surface area contributed by atoms with Crippen LogP contribution in [0.2, 0.25) is 0 Å². The average molecular weight is 266 g/mol. The van der Waals surface area contributed by atoms with E-state index in [1.54, 1.807) is 0 Å². The summed E-state index contributed by atoms with van der Waals surface area (Å²) in [7, 11) is 0. The van der Waals surface area contributed by atoms with E-state index in [9.17, 15) is 19.2 Å². The molecule has 0 saturated carbocycles. The highest BCUT2D eigenvalue weighted by atomic mass is 16.4. The van der Waals surface area contributed by atoms with Gasteiger partial charge in [0.25, 0.3) is 0 Å². The zero-order valence-electron chi connectivity index (χ0n) is 8.63. The Morgan fingerprint density at radius 2 is 0.889 bits per heavy atom. The molecule has 0 aliphatic heterocycles. The maximum absolute atomic E-state index is 9.77. The molecule has 18 heavy (non-hydrogen) atoms. The number of carboxylic acid groups (broad SMARTS) is 4. The molecule has 0 spiro atoms. The van der Waals surface area contributed by atoms with Crippen LogP contribution in [0.15, 0.2) is 12.2 Å². The number of carboxylic acids is 4. The lowest BCUT2D eigenvalue weighted by Crippen LogP contribution is -2.39. The summed E-state index contributed by atoms with van der Waals surface area (Å²) >= 11 is 0. The van der Waals surface area contributed by atoms with Gasteiger partial charge in [-0.3, -0.25) is 0 Å². The molecule has 10 nitrogen and oxygen atoms in total. The first-order valence-corrected chi connectivity index (χ1v) is 4.05. The van der Waals surface area contributed by atoms with Gasteiger partial charge < -0.3 is 30.6 Å². The Morgan fingerprint density at radius 3 is 1.00 bits per heavy atom. The van der Waals surface area contributed by atoms with Crippen LogP contribution in [0.1, 0.15) is 0 Å². The molecule has 6 N–H and O–H groups in total. The van der Waals surface area contributed by atoms with E-state index in [0.717, 1.165) is 0 Å². The van der Waals surface area contributed by atoms with Crippen LogP contribution in [0, 0.1) is 0 Å². The number of aliphatic hydroxyl groups excluding tert-OH is 2. The molecule has 0 radical (unpaired) electrons. The van der Waals surface area contributed by atoms with Crippen molar-refractivity contribution >= 4 is 23.9 Å². The van der Waals surface area contributed by atoms with Crippen LogP contribution >= 0.6 is 0 Å². The minimum absolute atomic E-state index is 0.558. The van der Waals surface area contributed by atoms with E-state index in [-0.39, 0.29) is 0 Å². The van der Waals surface area contributed by atoms with Gasteiger partial charge in [0.1, 0.15) is 0 Å². The molecule has 0 amide bonds. The van der Waals surface area contributed by atoms with Crippen molar-refractivity contribution in [2.75, 3.05) is 0 Å². The largest absolute Gasteiger partial charge is 0.479 e. The summed E-state index contributed by atoms with van der Waals surface area (Å²) in [4.78, 5) is 38.7. The highest BCUT2D eigenvalue weighted by Crippen LogP contribution is 1.92. The molecule has 0 saturated heterocycles. The fourth-order valence-electron chi connectivity index (χ4n) is 0.413. The lowest BCUT2D eigenvalue weighted by Gasteiger charge is -2.07. The molecule has 0 heterocycles. The fourth-order valence-corrected chi connectivity index (χ4v) is 0.413. The Labute approximate surface area is 99.0 Å². The van der Waals surface area contributed by atoms with Crippen molar-refractivity contribution in [3.63, 3.8) is 0 Å². The number of hydrogen-bond acceptors (Lipinski definition) is 6. The van der Waals surface area contributed by atoms with Crippen LogP contribution < -0.4 is 0 Å². The predicted molar refractivity (Wildman–Crippen MR) is 51.7 cm³/mol. The summed E-state index contributed by atoms with van der Waals surface area (Å²) in [6.45, 7) is 0. The second-order valence-electron chi connectivity index (χ2n) is 2.58. The normalized spacial score (nSPS) is 13.0. The summed E-state index contributed by atoms with van der Waals surface area (Å²) in [6, 6.07) is 0. The molecular formula is C8H10O10. The third-order valence-electron chi connectivity index (χ3n) is 1.17. The van der Waals surface area contributed by atoms with E-state index < -0.39 is 36.1 Å². The van der Waals surface area contributed by atoms with Gasteiger partial charge in [-0.15, -0.1) is 0 Å². The van der Waals surface area contributed by atoms with Crippen molar-refractivity contribution in [2.45, 2.75) is 12.2 Å². The van der Waals surface area contributed by atoms with Crippen LogP contribution in [0.3, 0.4) is 0 Å². The summed E-state index contributed by atoms with van der Waals surface area (Å²) < 4.78 is 0. The lowest BCUT2D eigenvalue weighted by atomic mass is 10.2. The van der Waals surface area contributed by atoms with Crippen molar-refractivity contribution in [3.05, 3.63) is 12.2 Å². The van der Waals surface area contributed by atoms with Crippen LogP contribution in [0.4, 0.5) is 0 Å². The molecule has 0 bridgehead atoms.